The summed E-state index contributed by atoms with van der Waals surface area (Å²) in [5.41, 5.74) is 4.65. The maximum Gasteiger partial charge on any atom is 0.230 e. The molecule has 0 aliphatic carbocycles. The lowest BCUT2D eigenvalue weighted by Gasteiger charge is -2.20. The zero-order valence-electron chi connectivity index (χ0n) is 14.9. The molecule has 1 atom stereocenters. The fourth-order valence-electron chi connectivity index (χ4n) is 2.80. The quantitative estimate of drug-likeness (QED) is 0.632. The predicted molar refractivity (Wildman–Crippen MR) is 110 cm³/mol. The Morgan fingerprint density at radius 1 is 0.846 bits per heavy atom. The summed E-state index contributed by atoms with van der Waals surface area (Å²) in [4.78, 5) is 12.5. The van der Waals surface area contributed by atoms with Crippen LogP contribution in [0, 0.1) is 6.92 Å². The zero-order chi connectivity index (χ0) is 18.2. The van der Waals surface area contributed by atoms with Crippen LogP contribution in [-0.2, 0) is 10.5 Å². The summed E-state index contributed by atoms with van der Waals surface area (Å²) in [6.45, 7) is 2.07. The van der Waals surface area contributed by atoms with Gasteiger partial charge in [-0.05, 0) is 23.6 Å². The van der Waals surface area contributed by atoms with Crippen LogP contribution in [0.5, 0.6) is 0 Å². The maximum atomic E-state index is 12.5. The van der Waals surface area contributed by atoms with Gasteiger partial charge in [-0.2, -0.15) is 0 Å². The Morgan fingerprint density at radius 3 is 2.08 bits per heavy atom. The number of thioether (sulfide) groups is 1. The van der Waals surface area contributed by atoms with Gasteiger partial charge < -0.3 is 5.32 Å². The summed E-state index contributed by atoms with van der Waals surface area (Å²) < 4.78 is 0. The first-order valence-corrected chi connectivity index (χ1v) is 9.90. The van der Waals surface area contributed by atoms with Crippen LogP contribution in [0.1, 0.15) is 28.3 Å². The van der Waals surface area contributed by atoms with Gasteiger partial charge in [-0.25, -0.2) is 0 Å². The molecule has 0 aromatic heterocycles. The summed E-state index contributed by atoms with van der Waals surface area (Å²) in [5, 5.41) is 3.20. The van der Waals surface area contributed by atoms with Crippen molar-refractivity contribution in [1.29, 1.82) is 0 Å². The summed E-state index contributed by atoms with van der Waals surface area (Å²) in [7, 11) is 0. The Morgan fingerprint density at radius 2 is 1.42 bits per heavy atom. The molecule has 0 bridgehead atoms. The van der Waals surface area contributed by atoms with E-state index in [0.717, 1.165) is 16.9 Å². The molecule has 0 heterocycles. The second-order valence-electron chi connectivity index (χ2n) is 6.30. The van der Waals surface area contributed by atoms with E-state index in [9.17, 15) is 4.79 Å². The molecular formula is C23H23NOS. The molecule has 0 fully saturated rings. The van der Waals surface area contributed by atoms with Crippen LogP contribution in [0.25, 0.3) is 0 Å². The summed E-state index contributed by atoms with van der Waals surface area (Å²) >= 11 is 1.64. The molecule has 0 unspecified atom stereocenters. The second-order valence-corrected chi connectivity index (χ2v) is 7.29. The third-order valence-electron chi connectivity index (χ3n) is 4.19. The van der Waals surface area contributed by atoms with Crippen LogP contribution < -0.4 is 5.32 Å². The Balaban J connectivity index is 1.65. The predicted octanol–water partition coefficient (Wildman–Crippen LogP) is 5.13. The van der Waals surface area contributed by atoms with Gasteiger partial charge in [-0.15, -0.1) is 11.8 Å². The summed E-state index contributed by atoms with van der Waals surface area (Å²) in [5.74, 6) is 1.35. The standard InChI is InChI=1S/C23H23NOS/c1-18-12-14-21(15-13-18)23(20-10-6-3-7-11-20)24-22(25)17-26-16-19-8-4-2-5-9-19/h2-15,23H,16-17H2,1H3,(H,24,25)/t23-/m1/s1. The van der Waals surface area contributed by atoms with E-state index in [-0.39, 0.29) is 11.9 Å². The average Bonchev–Trinajstić information content (AvgIpc) is 2.68. The number of benzene rings is 3. The Hall–Kier alpha value is -2.52. The molecule has 1 amide bonds. The van der Waals surface area contributed by atoms with Gasteiger partial charge in [0, 0.05) is 5.75 Å². The molecule has 0 spiro atoms. The van der Waals surface area contributed by atoms with Crippen molar-refractivity contribution in [1.82, 2.24) is 5.32 Å². The van der Waals surface area contributed by atoms with Crippen LogP contribution in [0.3, 0.4) is 0 Å². The van der Waals surface area contributed by atoms with Crippen LogP contribution in [0.4, 0.5) is 0 Å². The van der Waals surface area contributed by atoms with Crippen molar-refractivity contribution in [2.45, 2.75) is 18.7 Å². The van der Waals surface area contributed by atoms with Gasteiger partial charge in [0.25, 0.3) is 0 Å². The molecule has 0 radical (unpaired) electrons. The van der Waals surface area contributed by atoms with Crippen molar-refractivity contribution in [3.63, 3.8) is 0 Å². The summed E-state index contributed by atoms with van der Waals surface area (Å²) in [6.07, 6.45) is 0. The number of rotatable bonds is 7. The van der Waals surface area contributed by atoms with E-state index in [2.05, 4.69) is 60.8 Å². The number of amides is 1. The first kappa shape index (κ1) is 18.3. The molecule has 0 saturated carbocycles. The van der Waals surface area contributed by atoms with Crippen molar-refractivity contribution in [3.05, 3.63) is 107 Å². The van der Waals surface area contributed by atoms with E-state index in [0.29, 0.717) is 5.75 Å². The van der Waals surface area contributed by atoms with E-state index in [1.807, 2.05) is 36.4 Å². The number of carbonyl (C=O) groups is 1. The molecule has 0 aliphatic rings. The molecule has 26 heavy (non-hydrogen) atoms. The molecule has 0 saturated heterocycles. The van der Waals surface area contributed by atoms with Crippen molar-refractivity contribution in [2.75, 3.05) is 5.75 Å². The number of aryl methyl sites for hydroxylation is 1. The lowest BCUT2D eigenvalue weighted by molar-refractivity contribution is -0.119. The Bertz CT molecular complexity index is 816. The van der Waals surface area contributed by atoms with E-state index in [1.165, 1.54) is 11.1 Å². The summed E-state index contributed by atoms with van der Waals surface area (Å²) in [6, 6.07) is 28.6. The number of hydrogen-bond acceptors (Lipinski definition) is 2. The van der Waals surface area contributed by atoms with E-state index < -0.39 is 0 Å². The highest BCUT2D eigenvalue weighted by atomic mass is 32.2. The second kappa shape index (κ2) is 9.25. The molecule has 3 aromatic carbocycles. The van der Waals surface area contributed by atoms with Crippen molar-refractivity contribution < 1.29 is 4.79 Å². The highest BCUT2D eigenvalue weighted by molar-refractivity contribution is 7.99. The molecule has 3 heteroatoms. The smallest absolute Gasteiger partial charge is 0.230 e. The van der Waals surface area contributed by atoms with Gasteiger partial charge in [-0.1, -0.05) is 90.5 Å². The molecule has 1 N–H and O–H groups in total. The molecule has 132 valence electrons. The molecule has 0 aliphatic heterocycles. The van der Waals surface area contributed by atoms with E-state index in [4.69, 9.17) is 0 Å². The fourth-order valence-corrected chi connectivity index (χ4v) is 3.60. The Kier molecular flexibility index (Phi) is 6.50. The molecule has 3 rings (SSSR count). The minimum Gasteiger partial charge on any atom is -0.344 e. The fraction of sp³-hybridized carbons (Fsp3) is 0.174. The highest BCUT2D eigenvalue weighted by Gasteiger charge is 2.16. The normalized spacial score (nSPS) is 11.7. The van der Waals surface area contributed by atoms with Gasteiger partial charge in [0.05, 0.1) is 11.8 Å². The third kappa shape index (κ3) is 5.24. The molecular weight excluding hydrogens is 338 g/mol. The first-order chi connectivity index (χ1) is 12.7. The van der Waals surface area contributed by atoms with Crippen LogP contribution in [0.2, 0.25) is 0 Å². The lowest BCUT2D eigenvalue weighted by atomic mass is 9.98. The van der Waals surface area contributed by atoms with E-state index >= 15 is 0 Å². The molecule has 2 nitrogen and oxygen atoms in total. The average molecular weight is 362 g/mol. The number of nitrogens with one attached hydrogen (secondary N) is 1. The maximum absolute atomic E-state index is 12.5. The topological polar surface area (TPSA) is 29.1 Å². The van der Waals surface area contributed by atoms with Gasteiger partial charge in [0.1, 0.15) is 0 Å². The van der Waals surface area contributed by atoms with Crippen molar-refractivity contribution in [2.24, 2.45) is 0 Å². The van der Waals surface area contributed by atoms with Crippen molar-refractivity contribution in [3.8, 4) is 0 Å². The van der Waals surface area contributed by atoms with Crippen molar-refractivity contribution >= 4 is 17.7 Å². The largest absolute Gasteiger partial charge is 0.344 e. The SMILES string of the molecule is Cc1ccc([C@H](NC(=O)CSCc2ccccc2)c2ccccc2)cc1. The minimum absolute atomic E-state index is 0.0559. The molecule has 3 aromatic rings. The minimum atomic E-state index is -0.123. The highest BCUT2D eigenvalue weighted by Crippen LogP contribution is 2.23. The van der Waals surface area contributed by atoms with Crippen LogP contribution >= 0.6 is 11.8 Å². The third-order valence-corrected chi connectivity index (χ3v) is 5.20. The van der Waals surface area contributed by atoms with Gasteiger partial charge in [0.2, 0.25) is 5.91 Å². The van der Waals surface area contributed by atoms with Crippen LogP contribution in [-0.4, -0.2) is 11.7 Å². The monoisotopic (exact) mass is 361 g/mol. The van der Waals surface area contributed by atoms with Crippen LogP contribution in [0.15, 0.2) is 84.9 Å². The zero-order valence-corrected chi connectivity index (χ0v) is 15.7. The lowest BCUT2D eigenvalue weighted by Crippen LogP contribution is -2.30. The van der Waals surface area contributed by atoms with E-state index in [1.54, 1.807) is 11.8 Å². The van der Waals surface area contributed by atoms with Gasteiger partial charge in [-0.3, -0.25) is 4.79 Å². The Labute approximate surface area is 159 Å². The number of hydrogen-bond donors (Lipinski definition) is 1. The number of carbonyl (C=O) groups excluding carboxylic acids is 1. The van der Waals surface area contributed by atoms with Gasteiger partial charge in [0.15, 0.2) is 0 Å². The van der Waals surface area contributed by atoms with Gasteiger partial charge >= 0.3 is 0 Å². The first-order valence-electron chi connectivity index (χ1n) is 8.75.